The zero-order chi connectivity index (χ0) is 20.2. The van der Waals surface area contributed by atoms with Crippen LogP contribution >= 0.6 is 11.3 Å². The molecule has 2 aliphatic rings. The van der Waals surface area contributed by atoms with Gasteiger partial charge < -0.3 is 5.32 Å². The largest absolute Gasteiger partial charge is 0.326 e. The topological polar surface area (TPSA) is 70.6 Å². The molecule has 29 heavy (non-hydrogen) atoms. The molecule has 0 saturated heterocycles. The minimum atomic E-state index is -0.135. The lowest BCUT2D eigenvalue weighted by atomic mass is 9.96. The molecule has 2 aliphatic carbocycles. The summed E-state index contributed by atoms with van der Waals surface area (Å²) in [6.07, 6.45) is 8.70. The Morgan fingerprint density at radius 1 is 1.03 bits per heavy atom. The number of benzene rings is 1. The van der Waals surface area contributed by atoms with E-state index in [0.717, 1.165) is 67.5 Å². The summed E-state index contributed by atoms with van der Waals surface area (Å²) in [4.78, 5) is 26.1. The van der Waals surface area contributed by atoms with Crippen LogP contribution in [-0.4, -0.2) is 17.5 Å². The first-order chi connectivity index (χ1) is 14.1. The van der Waals surface area contributed by atoms with Crippen LogP contribution in [0.1, 0.15) is 71.8 Å². The van der Waals surface area contributed by atoms with Crippen LogP contribution in [0.3, 0.4) is 0 Å². The quantitative estimate of drug-likeness (QED) is 0.544. The SMILES string of the molecule is C/C(=N/NC(=O)c1csc2c1CCCC2)c1ccc(NC(=O)C2CCCC2)cc1. The lowest BCUT2D eigenvalue weighted by molar-refractivity contribution is -0.119. The summed E-state index contributed by atoms with van der Waals surface area (Å²) in [5.74, 6) is 0.132. The third-order valence-electron chi connectivity index (χ3n) is 5.93. The Labute approximate surface area is 175 Å². The molecule has 152 valence electrons. The van der Waals surface area contributed by atoms with Gasteiger partial charge in [-0.15, -0.1) is 11.3 Å². The monoisotopic (exact) mass is 409 g/mol. The van der Waals surface area contributed by atoms with E-state index in [1.807, 2.05) is 36.6 Å². The fourth-order valence-corrected chi connectivity index (χ4v) is 5.30. The number of amides is 2. The lowest BCUT2D eigenvalue weighted by Gasteiger charge is -2.12. The number of anilines is 1. The first-order valence-electron chi connectivity index (χ1n) is 10.5. The van der Waals surface area contributed by atoms with Gasteiger partial charge in [0, 0.05) is 21.9 Å². The molecule has 4 rings (SSSR count). The number of hydrogen-bond donors (Lipinski definition) is 2. The third-order valence-corrected chi connectivity index (χ3v) is 7.02. The van der Waals surface area contributed by atoms with Crippen molar-refractivity contribution in [2.45, 2.75) is 58.3 Å². The molecular formula is C23H27N3O2S. The standard InChI is InChI=1S/C23H27N3O2S/c1-15(25-26-23(28)20-14-29-21-9-5-4-8-19(20)21)16-10-12-18(13-11-16)24-22(27)17-6-2-3-7-17/h10-14,17H,2-9H2,1H3,(H,24,27)(H,26,28)/b25-15-. The van der Waals surface area contributed by atoms with Crippen molar-refractivity contribution in [1.82, 2.24) is 5.43 Å². The summed E-state index contributed by atoms with van der Waals surface area (Å²) in [5.41, 5.74) is 7.12. The number of nitrogens with zero attached hydrogens (tertiary/aromatic N) is 1. The molecule has 0 atom stereocenters. The Bertz CT molecular complexity index is 924. The predicted octanol–water partition coefficient (Wildman–Crippen LogP) is 4.91. The molecule has 1 saturated carbocycles. The van der Waals surface area contributed by atoms with Gasteiger partial charge >= 0.3 is 0 Å². The van der Waals surface area contributed by atoms with E-state index in [9.17, 15) is 9.59 Å². The van der Waals surface area contributed by atoms with Crippen LogP contribution in [-0.2, 0) is 17.6 Å². The highest BCUT2D eigenvalue weighted by atomic mass is 32.1. The van der Waals surface area contributed by atoms with Gasteiger partial charge in [-0.05, 0) is 68.7 Å². The average molecular weight is 410 g/mol. The maximum absolute atomic E-state index is 12.6. The van der Waals surface area contributed by atoms with Crippen molar-refractivity contribution in [3.63, 3.8) is 0 Å². The fourth-order valence-electron chi connectivity index (χ4n) is 4.17. The Hall–Kier alpha value is -2.47. The summed E-state index contributed by atoms with van der Waals surface area (Å²) in [7, 11) is 0. The van der Waals surface area contributed by atoms with Gasteiger partial charge in [-0.25, -0.2) is 5.43 Å². The summed E-state index contributed by atoms with van der Waals surface area (Å²) in [5, 5.41) is 9.24. The van der Waals surface area contributed by atoms with E-state index >= 15 is 0 Å². The smallest absolute Gasteiger partial charge is 0.272 e. The van der Waals surface area contributed by atoms with Crippen molar-refractivity contribution in [1.29, 1.82) is 0 Å². The van der Waals surface area contributed by atoms with E-state index in [1.54, 1.807) is 11.3 Å². The summed E-state index contributed by atoms with van der Waals surface area (Å²) in [6.45, 7) is 1.87. The maximum Gasteiger partial charge on any atom is 0.272 e. The molecule has 1 heterocycles. The van der Waals surface area contributed by atoms with Gasteiger partial charge in [0.25, 0.3) is 5.91 Å². The summed E-state index contributed by atoms with van der Waals surface area (Å²) < 4.78 is 0. The van der Waals surface area contributed by atoms with Gasteiger partial charge in [-0.3, -0.25) is 9.59 Å². The maximum atomic E-state index is 12.6. The van der Waals surface area contributed by atoms with Crippen molar-refractivity contribution < 1.29 is 9.59 Å². The molecule has 0 aliphatic heterocycles. The number of carbonyl (C=O) groups is 2. The van der Waals surface area contributed by atoms with E-state index in [0.29, 0.717) is 0 Å². The molecule has 2 amide bonds. The fraction of sp³-hybridized carbons (Fsp3) is 0.435. The van der Waals surface area contributed by atoms with Crippen LogP contribution in [0.25, 0.3) is 0 Å². The Balaban J connectivity index is 1.36. The van der Waals surface area contributed by atoms with Crippen molar-refractivity contribution >= 4 is 34.6 Å². The van der Waals surface area contributed by atoms with Crippen LogP contribution in [0.4, 0.5) is 5.69 Å². The Kier molecular flexibility index (Phi) is 6.09. The summed E-state index contributed by atoms with van der Waals surface area (Å²) >= 11 is 1.68. The van der Waals surface area contributed by atoms with Crippen molar-refractivity contribution in [2.24, 2.45) is 11.0 Å². The van der Waals surface area contributed by atoms with Crippen LogP contribution in [0.5, 0.6) is 0 Å². The van der Waals surface area contributed by atoms with Crippen LogP contribution in [0.2, 0.25) is 0 Å². The zero-order valence-electron chi connectivity index (χ0n) is 16.8. The predicted molar refractivity (Wildman–Crippen MR) is 118 cm³/mol. The van der Waals surface area contributed by atoms with Crippen molar-refractivity contribution in [3.8, 4) is 0 Å². The Morgan fingerprint density at radius 2 is 1.76 bits per heavy atom. The second kappa shape index (κ2) is 8.91. The highest BCUT2D eigenvalue weighted by Gasteiger charge is 2.22. The highest BCUT2D eigenvalue weighted by Crippen LogP contribution is 2.30. The molecule has 0 radical (unpaired) electrons. The van der Waals surface area contributed by atoms with Gasteiger partial charge in [0.1, 0.15) is 0 Å². The molecular weight excluding hydrogens is 382 g/mol. The van der Waals surface area contributed by atoms with Crippen molar-refractivity contribution in [3.05, 3.63) is 51.2 Å². The lowest BCUT2D eigenvalue weighted by Crippen LogP contribution is -2.21. The van der Waals surface area contributed by atoms with Crippen molar-refractivity contribution in [2.75, 3.05) is 5.32 Å². The number of thiophene rings is 1. The second-order valence-corrected chi connectivity index (χ2v) is 8.91. The van der Waals surface area contributed by atoms with E-state index < -0.39 is 0 Å². The number of carbonyl (C=O) groups excluding carboxylic acids is 2. The number of hydrazone groups is 1. The average Bonchev–Trinajstić information content (AvgIpc) is 3.42. The minimum Gasteiger partial charge on any atom is -0.326 e. The molecule has 0 unspecified atom stereocenters. The number of nitrogens with one attached hydrogen (secondary N) is 2. The minimum absolute atomic E-state index is 0.118. The first kappa shape index (κ1) is 19.8. The first-order valence-corrected chi connectivity index (χ1v) is 11.3. The molecule has 0 bridgehead atoms. The second-order valence-electron chi connectivity index (χ2n) is 7.94. The van der Waals surface area contributed by atoms with Crippen LogP contribution < -0.4 is 10.7 Å². The number of aryl methyl sites for hydroxylation is 1. The van der Waals surface area contributed by atoms with Crippen LogP contribution in [0.15, 0.2) is 34.7 Å². The van der Waals surface area contributed by atoms with Gasteiger partial charge in [0.2, 0.25) is 5.91 Å². The number of rotatable bonds is 5. The van der Waals surface area contributed by atoms with E-state index in [1.165, 1.54) is 16.9 Å². The molecule has 2 aromatic rings. The molecule has 1 fully saturated rings. The van der Waals surface area contributed by atoms with Crippen LogP contribution in [0, 0.1) is 5.92 Å². The molecule has 0 spiro atoms. The van der Waals surface area contributed by atoms with Gasteiger partial charge in [0.15, 0.2) is 0 Å². The number of fused-ring (bicyclic) bond motifs is 1. The van der Waals surface area contributed by atoms with Gasteiger partial charge in [0.05, 0.1) is 11.3 Å². The highest BCUT2D eigenvalue weighted by molar-refractivity contribution is 7.10. The Morgan fingerprint density at radius 3 is 2.52 bits per heavy atom. The van der Waals surface area contributed by atoms with E-state index in [4.69, 9.17) is 0 Å². The zero-order valence-corrected chi connectivity index (χ0v) is 17.6. The van der Waals surface area contributed by atoms with E-state index in [2.05, 4.69) is 15.8 Å². The van der Waals surface area contributed by atoms with Gasteiger partial charge in [-0.2, -0.15) is 5.10 Å². The molecule has 1 aromatic heterocycles. The third kappa shape index (κ3) is 4.58. The molecule has 2 N–H and O–H groups in total. The summed E-state index contributed by atoms with van der Waals surface area (Å²) in [6, 6.07) is 7.61. The molecule has 5 nitrogen and oxygen atoms in total. The normalized spacial score (nSPS) is 17.1. The number of hydrogen-bond acceptors (Lipinski definition) is 4. The van der Waals surface area contributed by atoms with Gasteiger partial charge in [-0.1, -0.05) is 25.0 Å². The molecule has 1 aromatic carbocycles. The van der Waals surface area contributed by atoms with E-state index in [-0.39, 0.29) is 17.7 Å². The molecule has 6 heteroatoms.